The quantitative estimate of drug-likeness (QED) is 0.849. The Balaban J connectivity index is 1.85. The number of carbonyl (C=O) groups excluding carboxylic acids is 1. The second kappa shape index (κ2) is 8.67. The van der Waals surface area contributed by atoms with Crippen molar-refractivity contribution in [2.75, 3.05) is 26.7 Å². The highest BCUT2D eigenvalue weighted by Gasteiger charge is 2.33. The second-order valence-corrected chi connectivity index (χ2v) is 6.62. The van der Waals surface area contributed by atoms with E-state index < -0.39 is 12.7 Å². The van der Waals surface area contributed by atoms with Crippen LogP contribution in [-0.2, 0) is 11.3 Å². The van der Waals surface area contributed by atoms with E-state index in [9.17, 15) is 18.0 Å². The van der Waals surface area contributed by atoms with Gasteiger partial charge in [0.25, 0.3) is 5.91 Å². The molecule has 1 saturated heterocycles. The van der Waals surface area contributed by atoms with Crippen LogP contribution in [0, 0.1) is 5.92 Å². The van der Waals surface area contributed by atoms with Gasteiger partial charge in [0.1, 0.15) is 0 Å². The van der Waals surface area contributed by atoms with Gasteiger partial charge in [-0.1, -0.05) is 12.1 Å². The van der Waals surface area contributed by atoms with E-state index in [2.05, 4.69) is 5.32 Å². The maximum Gasteiger partial charge on any atom is 0.401 e. The van der Waals surface area contributed by atoms with Crippen molar-refractivity contribution >= 4 is 5.91 Å². The van der Waals surface area contributed by atoms with Gasteiger partial charge in [0.15, 0.2) is 0 Å². The van der Waals surface area contributed by atoms with E-state index in [4.69, 9.17) is 4.74 Å². The minimum atomic E-state index is -4.15. The molecule has 1 amide bonds. The molecule has 1 N–H and O–H groups in total. The molecular weight excluding hydrogens is 333 g/mol. The molecule has 25 heavy (non-hydrogen) atoms. The average Bonchev–Trinajstić information content (AvgIpc) is 2.54. The molecule has 1 aromatic carbocycles. The van der Waals surface area contributed by atoms with Crippen molar-refractivity contribution in [1.82, 2.24) is 10.2 Å². The lowest BCUT2D eigenvalue weighted by atomic mass is 9.90. The summed E-state index contributed by atoms with van der Waals surface area (Å²) in [7, 11) is 1.60. The number of halogens is 3. The third-order valence-electron chi connectivity index (χ3n) is 4.60. The molecule has 1 unspecified atom stereocenters. The Kier molecular flexibility index (Phi) is 6.84. The predicted molar refractivity (Wildman–Crippen MR) is 89.3 cm³/mol. The first-order chi connectivity index (χ1) is 11.8. The molecule has 0 aliphatic carbocycles. The lowest BCUT2D eigenvalue weighted by molar-refractivity contribution is -0.148. The largest absolute Gasteiger partial charge is 0.401 e. The van der Waals surface area contributed by atoms with Gasteiger partial charge in [-0.05, 0) is 56.5 Å². The van der Waals surface area contributed by atoms with Crippen LogP contribution in [0.4, 0.5) is 13.2 Å². The smallest absolute Gasteiger partial charge is 0.380 e. The van der Waals surface area contributed by atoms with Crippen LogP contribution in [0.2, 0.25) is 0 Å². The summed E-state index contributed by atoms with van der Waals surface area (Å²) in [5.74, 6) is 0.0266. The Labute approximate surface area is 146 Å². The fourth-order valence-corrected chi connectivity index (χ4v) is 3.24. The third kappa shape index (κ3) is 6.32. The first-order valence-electron chi connectivity index (χ1n) is 8.46. The number of carbonyl (C=O) groups is 1. The van der Waals surface area contributed by atoms with E-state index in [0.717, 1.165) is 5.56 Å². The first-order valence-corrected chi connectivity index (χ1v) is 8.46. The monoisotopic (exact) mass is 358 g/mol. The van der Waals surface area contributed by atoms with Crippen molar-refractivity contribution < 1.29 is 22.7 Å². The third-order valence-corrected chi connectivity index (χ3v) is 4.60. The molecular formula is C18H25F3N2O2. The van der Waals surface area contributed by atoms with Crippen LogP contribution in [-0.4, -0.2) is 49.8 Å². The van der Waals surface area contributed by atoms with Crippen LogP contribution < -0.4 is 5.32 Å². The average molecular weight is 358 g/mol. The zero-order valence-electron chi connectivity index (χ0n) is 14.6. The molecule has 0 spiro atoms. The number of methoxy groups -OCH3 is 1. The number of alkyl halides is 3. The molecule has 4 nitrogen and oxygen atoms in total. The Morgan fingerprint density at radius 3 is 2.64 bits per heavy atom. The number of hydrogen-bond donors (Lipinski definition) is 1. The number of amides is 1. The van der Waals surface area contributed by atoms with Crippen molar-refractivity contribution in [2.45, 2.75) is 38.6 Å². The molecule has 0 radical (unpaired) electrons. The van der Waals surface area contributed by atoms with E-state index in [1.807, 2.05) is 19.1 Å². The summed E-state index contributed by atoms with van der Waals surface area (Å²) in [6, 6.07) is 7.15. The minimum Gasteiger partial charge on any atom is -0.380 e. The summed E-state index contributed by atoms with van der Waals surface area (Å²) in [5, 5.41) is 2.98. The summed E-state index contributed by atoms with van der Waals surface area (Å²) in [6.07, 6.45) is -2.84. The lowest BCUT2D eigenvalue weighted by Crippen LogP contribution is -2.46. The Hall–Kier alpha value is -1.60. The number of likely N-dealkylation sites (tertiary alicyclic amines) is 1. The fourth-order valence-electron chi connectivity index (χ4n) is 3.24. The number of ether oxygens (including phenoxy) is 1. The van der Waals surface area contributed by atoms with Gasteiger partial charge in [-0.3, -0.25) is 9.69 Å². The molecule has 1 fully saturated rings. The standard InChI is InChI=1S/C18H25F3N2O2/c1-13(15-6-8-23(9-7-15)12-18(19,20)21)22-17(24)16-5-3-4-14(10-16)11-25-2/h3-5,10,13,15H,6-9,11-12H2,1-2H3,(H,22,24). The SMILES string of the molecule is COCc1cccc(C(=O)NC(C)C2CCN(CC(F)(F)F)CC2)c1. The number of hydrogen-bond acceptors (Lipinski definition) is 3. The summed E-state index contributed by atoms with van der Waals surface area (Å²) in [6.45, 7) is 2.32. The van der Waals surface area contributed by atoms with Gasteiger partial charge in [-0.2, -0.15) is 13.2 Å². The minimum absolute atomic E-state index is 0.0772. The number of benzene rings is 1. The van der Waals surface area contributed by atoms with E-state index >= 15 is 0 Å². The Morgan fingerprint density at radius 2 is 2.04 bits per heavy atom. The number of rotatable bonds is 6. The molecule has 0 bridgehead atoms. The van der Waals surface area contributed by atoms with Crippen molar-refractivity contribution in [3.05, 3.63) is 35.4 Å². The van der Waals surface area contributed by atoms with Gasteiger partial charge in [0.2, 0.25) is 0 Å². The number of piperidine rings is 1. The van der Waals surface area contributed by atoms with Gasteiger partial charge in [0, 0.05) is 18.7 Å². The van der Waals surface area contributed by atoms with Gasteiger partial charge < -0.3 is 10.1 Å². The van der Waals surface area contributed by atoms with E-state index in [-0.39, 0.29) is 17.9 Å². The van der Waals surface area contributed by atoms with Crippen LogP contribution in [0.25, 0.3) is 0 Å². The molecule has 0 saturated carbocycles. The van der Waals surface area contributed by atoms with Crippen LogP contribution in [0.5, 0.6) is 0 Å². The maximum atomic E-state index is 12.4. The molecule has 1 aliphatic rings. The first kappa shape index (κ1) is 19.7. The van der Waals surface area contributed by atoms with Crippen molar-refractivity contribution in [3.63, 3.8) is 0 Å². The zero-order valence-corrected chi connectivity index (χ0v) is 14.6. The highest BCUT2D eigenvalue weighted by atomic mass is 19.4. The number of nitrogens with zero attached hydrogens (tertiary/aromatic N) is 1. The van der Waals surface area contributed by atoms with Crippen molar-refractivity contribution in [2.24, 2.45) is 5.92 Å². The predicted octanol–water partition coefficient (Wildman–Crippen LogP) is 3.23. The second-order valence-electron chi connectivity index (χ2n) is 6.62. The number of nitrogens with one attached hydrogen (secondary N) is 1. The van der Waals surface area contributed by atoms with Crippen LogP contribution >= 0.6 is 0 Å². The van der Waals surface area contributed by atoms with Crippen molar-refractivity contribution in [1.29, 1.82) is 0 Å². The van der Waals surface area contributed by atoms with Gasteiger partial charge in [-0.25, -0.2) is 0 Å². The fraction of sp³-hybridized carbons (Fsp3) is 0.611. The molecule has 1 atom stereocenters. The lowest BCUT2D eigenvalue weighted by Gasteiger charge is -2.35. The molecule has 140 valence electrons. The molecule has 1 aliphatic heterocycles. The highest BCUT2D eigenvalue weighted by Crippen LogP contribution is 2.24. The normalized spacial score (nSPS) is 18.1. The summed E-state index contributed by atoms with van der Waals surface area (Å²) in [4.78, 5) is 13.8. The van der Waals surface area contributed by atoms with Crippen LogP contribution in [0.15, 0.2) is 24.3 Å². The Bertz CT molecular complexity index is 570. The van der Waals surface area contributed by atoms with E-state index in [1.54, 1.807) is 19.2 Å². The summed E-state index contributed by atoms with van der Waals surface area (Å²) in [5.41, 5.74) is 1.49. The molecule has 0 aromatic heterocycles. The summed E-state index contributed by atoms with van der Waals surface area (Å²) >= 11 is 0. The van der Waals surface area contributed by atoms with Crippen molar-refractivity contribution in [3.8, 4) is 0 Å². The molecule has 1 heterocycles. The maximum absolute atomic E-state index is 12.4. The van der Waals surface area contributed by atoms with E-state index in [0.29, 0.717) is 38.1 Å². The van der Waals surface area contributed by atoms with Crippen LogP contribution in [0.3, 0.4) is 0 Å². The molecule has 2 rings (SSSR count). The van der Waals surface area contributed by atoms with Gasteiger partial charge in [-0.15, -0.1) is 0 Å². The summed E-state index contributed by atoms with van der Waals surface area (Å²) < 4.78 is 42.4. The molecule has 7 heteroatoms. The van der Waals surface area contributed by atoms with Gasteiger partial charge >= 0.3 is 6.18 Å². The Morgan fingerprint density at radius 1 is 1.36 bits per heavy atom. The van der Waals surface area contributed by atoms with Crippen LogP contribution in [0.1, 0.15) is 35.7 Å². The van der Waals surface area contributed by atoms with Gasteiger partial charge in [0.05, 0.1) is 13.2 Å². The highest BCUT2D eigenvalue weighted by molar-refractivity contribution is 5.94. The zero-order chi connectivity index (χ0) is 18.4. The van der Waals surface area contributed by atoms with E-state index in [1.165, 1.54) is 4.90 Å². The molecule has 1 aromatic rings. The topological polar surface area (TPSA) is 41.6 Å².